The lowest BCUT2D eigenvalue weighted by Gasteiger charge is -2.46. The highest BCUT2D eigenvalue weighted by atomic mass is 16.6. The first-order chi connectivity index (χ1) is 20.1. The molecule has 6 rings (SSSR count). The van der Waals surface area contributed by atoms with Gasteiger partial charge in [0.25, 0.3) is 0 Å². The molecule has 42 heavy (non-hydrogen) atoms. The SMILES string of the molecule is CNC[C@@H](C)Oc1ccc(Nc2ncc3c(n2)N(c2cccc(N4C(=O)OC[C@@H]4C)n2)[C@H]2CC(C)(C)OC[C@@]32C)cc1. The van der Waals surface area contributed by atoms with Crippen LogP contribution in [0.3, 0.4) is 0 Å². The maximum absolute atomic E-state index is 12.5. The second kappa shape index (κ2) is 10.7. The zero-order valence-electron chi connectivity index (χ0n) is 25.0. The molecule has 1 amide bonds. The maximum Gasteiger partial charge on any atom is 0.415 e. The number of carbonyl (C=O) groups excluding carboxylic acids is 1. The number of nitrogens with zero attached hydrogens (tertiary/aromatic N) is 5. The molecule has 0 saturated carbocycles. The number of ether oxygens (including phenoxy) is 3. The molecule has 0 aliphatic carbocycles. The average molecular weight is 574 g/mol. The van der Waals surface area contributed by atoms with Gasteiger partial charge in [-0.05, 0) is 77.6 Å². The van der Waals surface area contributed by atoms with E-state index in [1.807, 2.05) is 69.6 Å². The molecule has 11 nitrogen and oxygen atoms in total. The van der Waals surface area contributed by atoms with Crippen molar-refractivity contribution in [1.82, 2.24) is 20.3 Å². The van der Waals surface area contributed by atoms with Crippen molar-refractivity contribution >= 4 is 35.2 Å². The maximum atomic E-state index is 12.5. The minimum atomic E-state index is -0.382. The average Bonchev–Trinajstić information content (AvgIpc) is 3.41. The van der Waals surface area contributed by atoms with Gasteiger partial charge in [-0.2, -0.15) is 4.98 Å². The summed E-state index contributed by atoms with van der Waals surface area (Å²) in [4.78, 5) is 31.0. The summed E-state index contributed by atoms with van der Waals surface area (Å²) in [5.41, 5.74) is 1.20. The van der Waals surface area contributed by atoms with Crippen LogP contribution in [0, 0.1) is 0 Å². The van der Waals surface area contributed by atoms with Gasteiger partial charge in [-0.3, -0.25) is 4.90 Å². The summed E-state index contributed by atoms with van der Waals surface area (Å²) in [6.45, 7) is 12.1. The van der Waals surface area contributed by atoms with E-state index in [-0.39, 0.29) is 35.3 Å². The Labute approximate surface area is 246 Å². The Kier molecular flexibility index (Phi) is 7.18. The van der Waals surface area contributed by atoms with Crippen molar-refractivity contribution in [3.63, 3.8) is 0 Å². The molecule has 0 unspecified atom stereocenters. The molecular formula is C31H39N7O4. The molecule has 0 bridgehead atoms. The second-order valence-corrected chi connectivity index (χ2v) is 12.3. The standard InChI is InChI=1S/C31H39N7O4/c1-19-17-40-29(39)37(19)25-8-7-9-26(35-25)38-24-14-30(3,4)41-18-31(24,5)23-16-33-28(36-27(23)38)34-21-10-12-22(13-11-21)42-20(2)15-32-6/h7-13,16,19-20,24,32H,14-15,17-18H2,1-6H3,(H,33,34,36)/t19-,20+,24-,31-/m0/s1. The number of fused-ring (bicyclic) bond motifs is 3. The fraction of sp³-hybridized carbons (Fsp3) is 0.484. The number of hydrogen-bond donors (Lipinski definition) is 2. The minimum absolute atomic E-state index is 0.0301. The number of anilines is 5. The van der Waals surface area contributed by atoms with Gasteiger partial charge in [-0.25, -0.2) is 14.8 Å². The molecule has 4 atom stereocenters. The third kappa shape index (κ3) is 5.11. The molecule has 0 radical (unpaired) electrons. The first kappa shape index (κ1) is 28.2. The van der Waals surface area contributed by atoms with E-state index in [1.54, 1.807) is 4.90 Å². The van der Waals surface area contributed by atoms with E-state index >= 15 is 0 Å². The van der Waals surface area contributed by atoms with Crippen LogP contribution in [0.1, 0.15) is 46.6 Å². The molecule has 222 valence electrons. The van der Waals surface area contributed by atoms with Crippen LogP contribution in [0.5, 0.6) is 5.75 Å². The molecule has 3 aliphatic heterocycles. The number of nitrogens with one attached hydrogen (secondary N) is 2. The van der Waals surface area contributed by atoms with Crippen molar-refractivity contribution < 1.29 is 19.0 Å². The van der Waals surface area contributed by atoms with Gasteiger partial charge in [0.05, 0.1) is 24.3 Å². The number of pyridine rings is 1. The summed E-state index contributed by atoms with van der Waals surface area (Å²) in [6, 6.07) is 13.4. The zero-order chi connectivity index (χ0) is 29.6. The molecule has 2 saturated heterocycles. The van der Waals surface area contributed by atoms with Crippen molar-refractivity contribution in [3.8, 4) is 5.75 Å². The Hall–Kier alpha value is -3.96. The van der Waals surface area contributed by atoms with Gasteiger partial charge in [0, 0.05) is 29.4 Å². The molecule has 3 aliphatic rings. The van der Waals surface area contributed by atoms with E-state index in [4.69, 9.17) is 29.2 Å². The number of cyclic esters (lactones) is 1. The van der Waals surface area contributed by atoms with E-state index < -0.39 is 0 Å². The summed E-state index contributed by atoms with van der Waals surface area (Å²) in [5, 5.41) is 6.47. The van der Waals surface area contributed by atoms with E-state index in [0.717, 1.165) is 35.8 Å². The summed E-state index contributed by atoms with van der Waals surface area (Å²) >= 11 is 0. The second-order valence-electron chi connectivity index (χ2n) is 12.3. The molecule has 2 aromatic heterocycles. The number of rotatable bonds is 8. The summed E-state index contributed by atoms with van der Waals surface area (Å²) < 4.78 is 17.5. The molecule has 1 aromatic carbocycles. The monoisotopic (exact) mass is 573 g/mol. The van der Waals surface area contributed by atoms with Crippen LogP contribution in [-0.4, -0.2) is 71.6 Å². The van der Waals surface area contributed by atoms with Gasteiger partial charge in [-0.1, -0.05) is 13.0 Å². The number of amides is 1. The van der Waals surface area contributed by atoms with Gasteiger partial charge < -0.3 is 29.7 Å². The van der Waals surface area contributed by atoms with Gasteiger partial charge in [0.1, 0.15) is 35.9 Å². The van der Waals surface area contributed by atoms with Crippen molar-refractivity contribution in [1.29, 1.82) is 0 Å². The molecule has 3 aromatic rings. The Morgan fingerprint density at radius 2 is 1.83 bits per heavy atom. The summed E-state index contributed by atoms with van der Waals surface area (Å²) in [7, 11) is 1.91. The third-order valence-electron chi connectivity index (χ3n) is 8.35. The first-order valence-electron chi connectivity index (χ1n) is 14.5. The van der Waals surface area contributed by atoms with E-state index in [0.29, 0.717) is 30.8 Å². The van der Waals surface area contributed by atoms with Gasteiger partial charge in [0.2, 0.25) is 5.95 Å². The predicted molar refractivity (Wildman–Crippen MR) is 161 cm³/mol. The van der Waals surface area contributed by atoms with Crippen LogP contribution in [0.15, 0.2) is 48.7 Å². The number of carbonyl (C=O) groups is 1. The lowest BCUT2D eigenvalue weighted by Crippen LogP contribution is -2.54. The highest BCUT2D eigenvalue weighted by Crippen LogP contribution is 2.53. The Morgan fingerprint density at radius 3 is 2.52 bits per heavy atom. The van der Waals surface area contributed by atoms with Gasteiger partial charge in [-0.15, -0.1) is 0 Å². The number of aromatic nitrogens is 3. The largest absolute Gasteiger partial charge is 0.489 e. The van der Waals surface area contributed by atoms with E-state index in [9.17, 15) is 4.79 Å². The van der Waals surface area contributed by atoms with Crippen molar-refractivity contribution in [2.24, 2.45) is 0 Å². The Balaban J connectivity index is 1.34. The minimum Gasteiger partial charge on any atom is -0.489 e. The normalized spacial score (nSPS) is 25.0. The van der Waals surface area contributed by atoms with Crippen LogP contribution in [-0.2, 0) is 14.9 Å². The lowest BCUT2D eigenvalue weighted by molar-refractivity contribution is -0.0893. The molecule has 0 spiro atoms. The van der Waals surface area contributed by atoms with Crippen LogP contribution < -0.4 is 25.2 Å². The summed E-state index contributed by atoms with van der Waals surface area (Å²) in [6.07, 6.45) is 2.35. The molecular weight excluding hydrogens is 534 g/mol. The van der Waals surface area contributed by atoms with Crippen LogP contribution in [0.25, 0.3) is 0 Å². The quantitative estimate of drug-likeness (QED) is 0.385. The molecule has 5 heterocycles. The number of likely N-dealkylation sites (N-methyl/N-ethyl adjacent to an activating group) is 1. The smallest absolute Gasteiger partial charge is 0.415 e. The fourth-order valence-corrected chi connectivity index (χ4v) is 6.08. The van der Waals surface area contributed by atoms with Gasteiger partial charge in [0.15, 0.2) is 0 Å². The van der Waals surface area contributed by atoms with Crippen molar-refractivity contribution in [2.45, 2.75) is 70.2 Å². The molecule has 11 heteroatoms. The Bertz CT molecular complexity index is 1470. The lowest BCUT2D eigenvalue weighted by atomic mass is 9.73. The zero-order valence-corrected chi connectivity index (χ0v) is 25.0. The third-order valence-corrected chi connectivity index (χ3v) is 8.35. The van der Waals surface area contributed by atoms with Crippen LogP contribution in [0.4, 0.5) is 33.9 Å². The molecule has 2 fully saturated rings. The highest BCUT2D eigenvalue weighted by molar-refractivity contribution is 5.89. The topological polar surface area (TPSA) is 114 Å². The predicted octanol–water partition coefficient (Wildman–Crippen LogP) is 4.92. The van der Waals surface area contributed by atoms with Crippen LogP contribution >= 0.6 is 0 Å². The van der Waals surface area contributed by atoms with Crippen molar-refractivity contribution in [2.75, 3.05) is 41.9 Å². The fourth-order valence-electron chi connectivity index (χ4n) is 6.08. The van der Waals surface area contributed by atoms with E-state index in [1.165, 1.54) is 0 Å². The Morgan fingerprint density at radius 1 is 1.10 bits per heavy atom. The van der Waals surface area contributed by atoms with E-state index in [2.05, 4.69) is 36.3 Å². The number of hydrogen-bond acceptors (Lipinski definition) is 10. The molecule has 2 N–H and O–H groups in total. The summed E-state index contributed by atoms with van der Waals surface area (Å²) in [5.74, 6) is 3.33. The highest BCUT2D eigenvalue weighted by Gasteiger charge is 2.55. The van der Waals surface area contributed by atoms with Crippen LogP contribution in [0.2, 0.25) is 0 Å². The van der Waals surface area contributed by atoms with Gasteiger partial charge >= 0.3 is 6.09 Å². The first-order valence-corrected chi connectivity index (χ1v) is 14.5. The number of benzene rings is 1. The van der Waals surface area contributed by atoms with Crippen molar-refractivity contribution in [3.05, 3.63) is 54.2 Å².